The first-order chi connectivity index (χ1) is 28.2. The maximum atomic E-state index is 12.0. The molecule has 0 aromatic carbocycles. The Morgan fingerprint density at radius 3 is 0.930 bits per heavy atom. The van der Waals surface area contributed by atoms with Crippen LogP contribution in [0.3, 0.4) is 0 Å². The Morgan fingerprint density at radius 1 is 0.333 bits per heavy atom. The Hall–Kier alpha value is -1.50. The zero-order valence-electron chi connectivity index (χ0n) is 36.2. The van der Waals surface area contributed by atoms with Crippen molar-refractivity contribution >= 4 is 11.9 Å². The third kappa shape index (κ3) is 45.4. The highest BCUT2D eigenvalue weighted by Gasteiger charge is 2.17. The van der Waals surface area contributed by atoms with E-state index in [1.54, 1.807) is 0 Å². The van der Waals surface area contributed by atoms with Crippen molar-refractivity contribution in [2.24, 2.45) is 5.92 Å². The second kappa shape index (κ2) is 48.9. The minimum Gasteiger partial charge on any atom is -0.463 e. The summed E-state index contributed by atoms with van der Waals surface area (Å²) in [6.07, 6.45) is 12.6. The van der Waals surface area contributed by atoms with Crippen molar-refractivity contribution < 1.29 is 71.2 Å². The first-order valence-corrected chi connectivity index (χ1v) is 21.8. The molecule has 1 unspecified atom stereocenters. The number of carbonyl (C=O) groups excluding carboxylic acids is 2. The summed E-state index contributed by atoms with van der Waals surface area (Å²) in [5, 5.41) is 0. The fourth-order valence-electron chi connectivity index (χ4n) is 5.07. The molecule has 57 heavy (non-hydrogen) atoms. The van der Waals surface area contributed by atoms with Crippen LogP contribution in [0.5, 0.6) is 0 Å². The normalized spacial score (nSPS) is 12.0. The summed E-state index contributed by atoms with van der Waals surface area (Å²) in [6, 6.07) is 0. The molecule has 1 atom stereocenters. The lowest BCUT2D eigenvalue weighted by atomic mass is 10.00. The van der Waals surface area contributed by atoms with Gasteiger partial charge >= 0.3 is 11.9 Å². The molecule has 15 heteroatoms. The summed E-state index contributed by atoms with van der Waals surface area (Å²) in [5.74, 6) is -0.275. The van der Waals surface area contributed by atoms with E-state index in [2.05, 4.69) is 13.8 Å². The lowest BCUT2D eigenvalue weighted by Gasteiger charge is -2.13. The molecule has 0 saturated carbocycles. The monoisotopic (exact) mass is 827 g/mol. The zero-order chi connectivity index (χ0) is 41.4. The third-order valence-electron chi connectivity index (χ3n) is 8.40. The Labute approximate surface area is 345 Å². The van der Waals surface area contributed by atoms with Crippen LogP contribution in [0.1, 0.15) is 97.8 Å². The molecule has 0 aromatic heterocycles. The van der Waals surface area contributed by atoms with Crippen LogP contribution in [-0.4, -0.2) is 171 Å². The highest BCUT2D eigenvalue weighted by molar-refractivity contribution is 5.72. The molecule has 0 spiro atoms. The summed E-state index contributed by atoms with van der Waals surface area (Å²) in [6.45, 7) is 17.3. The maximum Gasteiger partial charge on any atom is 0.308 e. The smallest absolute Gasteiger partial charge is 0.308 e. The minimum absolute atomic E-state index is 0.00787. The summed E-state index contributed by atoms with van der Waals surface area (Å²) in [5.41, 5.74) is 0. The van der Waals surface area contributed by atoms with Crippen LogP contribution >= 0.6 is 0 Å². The molecule has 0 aliphatic rings. The quantitative estimate of drug-likeness (QED) is 0.0551. The summed E-state index contributed by atoms with van der Waals surface area (Å²) in [4.78, 5) is 23.8. The third-order valence-corrected chi connectivity index (χ3v) is 8.40. The lowest BCUT2D eigenvalue weighted by Crippen LogP contribution is -2.20. The van der Waals surface area contributed by atoms with Gasteiger partial charge in [0.05, 0.1) is 151 Å². The van der Waals surface area contributed by atoms with Crippen LogP contribution in [0.4, 0.5) is 0 Å². The van der Waals surface area contributed by atoms with E-state index in [4.69, 9.17) is 61.6 Å². The van der Waals surface area contributed by atoms with Gasteiger partial charge in [-0.25, -0.2) is 0 Å². The largest absolute Gasteiger partial charge is 0.463 e. The average Bonchev–Trinajstić information content (AvgIpc) is 3.21. The lowest BCUT2D eigenvalue weighted by molar-refractivity contribution is -0.150. The highest BCUT2D eigenvalue weighted by atomic mass is 16.6. The van der Waals surface area contributed by atoms with Crippen LogP contribution < -0.4 is 0 Å². The van der Waals surface area contributed by atoms with Crippen molar-refractivity contribution in [3.8, 4) is 0 Å². The molecule has 0 amide bonds. The molecule has 15 nitrogen and oxygen atoms in total. The number of ether oxygens (including phenoxy) is 13. The van der Waals surface area contributed by atoms with Gasteiger partial charge in [0.2, 0.25) is 0 Å². The van der Waals surface area contributed by atoms with Gasteiger partial charge in [0.15, 0.2) is 0 Å². The molecule has 0 aliphatic carbocycles. The van der Waals surface area contributed by atoms with E-state index in [0.29, 0.717) is 152 Å². The van der Waals surface area contributed by atoms with Gasteiger partial charge < -0.3 is 61.6 Å². The Kier molecular flexibility index (Phi) is 47.6. The van der Waals surface area contributed by atoms with Crippen molar-refractivity contribution in [1.82, 2.24) is 0 Å². The first kappa shape index (κ1) is 55.5. The van der Waals surface area contributed by atoms with Crippen LogP contribution in [-0.2, 0) is 71.2 Å². The van der Waals surface area contributed by atoms with Crippen LogP contribution in [0.2, 0.25) is 0 Å². The molecule has 0 bridgehead atoms. The number of carbonyl (C=O) groups is 2. The van der Waals surface area contributed by atoms with E-state index in [9.17, 15) is 9.59 Å². The molecular weight excluding hydrogens is 744 g/mol. The van der Waals surface area contributed by atoms with Crippen LogP contribution in [0.25, 0.3) is 0 Å². The van der Waals surface area contributed by atoms with Gasteiger partial charge in [0.25, 0.3) is 0 Å². The Balaban J connectivity index is 3.16. The summed E-state index contributed by atoms with van der Waals surface area (Å²) >= 11 is 0. The van der Waals surface area contributed by atoms with Gasteiger partial charge in [-0.1, -0.05) is 72.1 Å². The number of unbranched alkanes of at least 4 members (excludes halogenated alkanes) is 7. The Bertz CT molecular complexity index is 807. The second-order valence-electron chi connectivity index (χ2n) is 13.2. The topological polar surface area (TPSA) is 154 Å². The van der Waals surface area contributed by atoms with Gasteiger partial charge in [-0.15, -0.1) is 0 Å². The van der Waals surface area contributed by atoms with Gasteiger partial charge in [-0.2, -0.15) is 0 Å². The zero-order valence-corrected chi connectivity index (χ0v) is 36.2. The number of rotatable bonds is 49. The molecule has 0 heterocycles. The number of esters is 2. The van der Waals surface area contributed by atoms with Gasteiger partial charge in [-0.05, 0) is 19.3 Å². The van der Waals surface area contributed by atoms with E-state index in [1.807, 2.05) is 6.92 Å². The van der Waals surface area contributed by atoms with E-state index >= 15 is 0 Å². The van der Waals surface area contributed by atoms with Crippen molar-refractivity contribution in [2.45, 2.75) is 97.8 Å². The van der Waals surface area contributed by atoms with E-state index in [-0.39, 0.29) is 31.1 Å². The summed E-state index contributed by atoms with van der Waals surface area (Å²) in [7, 11) is 0. The van der Waals surface area contributed by atoms with E-state index in [1.165, 1.54) is 32.1 Å². The molecule has 340 valence electrons. The minimum atomic E-state index is -0.144. The SMILES string of the molecule is CCCCCCCCCC(=O)OCCOCCOCCOCCOCCOCCOCCOCCOCCOCCOCCOCCOC(=O)C(CC)CCCC. The standard InChI is InChI=1S/C42H82O15/c1-4-7-9-10-11-12-13-15-41(43)56-38-36-54-34-32-52-30-28-50-26-24-48-22-20-46-18-16-45-17-19-47-21-23-49-25-27-51-29-31-53-33-35-55-37-39-57-42(44)40(6-3)14-8-5-2/h40H,4-39H2,1-3H3. The molecule has 0 rings (SSSR count). The fraction of sp³-hybridized carbons (Fsp3) is 0.952. The van der Waals surface area contributed by atoms with E-state index < -0.39 is 0 Å². The van der Waals surface area contributed by atoms with Gasteiger partial charge in [0, 0.05) is 6.42 Å². The van der Waals surface area contributed by atoms with Crippen molar-refractivity contribution in [3.63, 3.8) is 0 Å². The predicted molar refractivity (Wildman–Crippen MR) is 217 cm³/mol. The fourth-order valence-corrected chi connectivity index (χ4v) is 5.07. The summed E-state index contributed by atoms with van der Waals surface area (Å²) < 4.78 is 70.8. The average molecular weight is 827 g/mol. The van der Waals surface area contributed by atoms with Crippen molar-refractivity contribution in [2.75, 3.05) is 159 Å². The molecule has 0 saturated heterocycles. The predicted octanol–water partition coefficient (Wildman–Crippen LogP) is 5.61. The highest BCUT2D eigenvalue weighted by Crippen LogP contribution is 2.14. The molecule has 0 radical (unpaired) electrons. The van der Waals surface area contributed by atoms with Crippen molar-refractivity contribution in [1.29, 1.82) is 0 Å². The number of hydrogen-bond acceptors (Lipinski definition) is 15. The molecular formula is C42H82O15. The molecule has 0 aliphatic heterocycles. The van der Waals surface area contributed by atoms with Crippen molar-refractivity contribution in [3.05, 3.63) is 0 Å². The second-order valence-corrected chi connectivity index (χ2v) is 13.2. The van der Waals surface area contributed by atoms with Crippen LogP contribution in [0.15, 0.2) is 0 Å². The molecule has 0 aromatic rings. The first-order valence-electron chi connectivity index (χ1n) is 21.8. The maximum absolute atomic E-state index is 12.0. The van der Waals surface area contributed by atoms with Gasteiger partial charge in [0.1, 0.15) is 13.2 Å². The number of hydrogen-bond donors (Lipinski definition) is 0. The Morgan fingerprint density at radius 2 is 0.614 bits per heavy atom. The van der Waals surface area contributed by atoms with Gasteiger partial charge in [-0.3, -0.25) is 9.59 Å². The van der Waals surface area contributed by atoms with Crippen LogP contribution in [0, 0.1) is 5.92 Å². The molecule has 0 fully saturated rings. The molecule has 0 N–H and O–H groups in total. The van der Waals surface area contributed by atoms with E-state index in [0.717, 1.165) is 38.5 Å².